The van der Waals surface area contributed by atoms with E-state index >= 15 is 0 Å². The molecule has 0 atom stereocenters. The minimum absolute atomic E-state index is 0. The molecule has 9 heteroatoms. The van der Waals surface area contributed by atoms with Gasteiger partial charge in [0, 0.05) is 34.8 Å². The first kappa shape index (κ1) is 24.1. The van der Waals surface area contributed by atoms with E-state index in [0.717, 1.165) is 0 Å². The van der Waals surface area contributed by atoms with E-state index in [-0.39, 0.29) is 43.2 Å². The topological polar surface area (TPSA) is 91.9 Å². The zero-order chi connectivity index (χ0) is 23.6. The van der Waals surface area contributed by atoms with Gasteiger partial charge in [0.25, 0.3) is 11.5 Å². The van der Waals surface area contributed by atoms with E-state index in [1.165, 1.54) is 21.3 Å². The average Bonchev–Trinajstić information content (AvgIpc) is 3.47. The predicted octanol–water partition coefficient (Wildman–Crippen LogP) is 4.83. The molecule has 0 aliphatic heterocycles. The summed E-state index contributed by atoms with van der Waals surface area (Å²) in [7, 11) is 0. The molecule has 34 heavy (non-hydrogen) atoms. The van der Waals surface area contributed by atoms with Gasteiger partial charge in [-0.25, -0.2) is 15.4 Å². The number of hydrogen-bond acceptors (Lipinski definition) is 4. The number of aromatic nitrogens is 4. The summed E-state index contributed by atoms with van der Waals surface area (Å²) in [6.45, 7) is 18.6. The zero-order valence-electron chi connectivity index (χ0n) is 18.0. The largest absolute Gasteiger partial charge is 2.00 e. The Hall–Kier alpha value is -4.52. The summed E-state index contributed by atoms with van der Waals surface area (Å²) in [6.07, 6.45) is 5.80. The first-order valence-corrected chi connectivity index (χ1v) is 9.72. The van der Waals surface area contributed by atoms with Crippen LogP contribution in [0, 0.1) is 48.2 Å². The fourth-order valence-electron chi connectivity index (χ4n) is 3.41. The summed E-state index contributed by atoms with van der Waals surface area (Å²) in [6, 6.07) is 17.8. The van der Waals surface area contributed by atoms with E-state index in [9.17, 15) is 10.5 Å². The van der Waals surface area contributed by atoms with Crippen molar-refractivity contribution in [3.63, 3.8) is 0 Å². The molecule has 0 aliphatic rings. The van der Waals surface area contributed by atoms with E-state index in [4.69, 9.17) is 23.1 Å². The van der Waals surface area contributed by atoms with Crippen LogP contribution < -0.4 is 0 Å². The van der Waals surface area contributed by atoms with Crippen LogP contribution in [0.1, 0.15) is 36.5 Å². The molecular formula is C25H14N8Pd. The van der Waals surface area contributed by atoms with Crippen LogP contribution in [0.3, 0.4) is 0 Å². The maximum atomic E-state index is 9.46. The summed E-state index contributed by atoms with van der Waals surface area (Å²) in [4.78, 5) is 16.3. The number of pyridine rings is 2. The Labute approximate surface area is 210 Å². The molecule has 0 N–H and O–H groups in total. The van der Waals surface area contributed by atoms with Crippen molar-refractivity contribution in [2.24, 2.45) is 0 Å². The summed E-state index contributed by atoms with van der Waals surface area (Å²) < 4.78 is 2.94. The molecule has 0 spiro atoms. The van der Waals surface area contributed by atoms with Crippen LogP contribution in [-0.2, 0) is 25.8 Å². The Bertz CT molecular complexity index is 1430. The van der Waals surface area contributed by atoms with Gasteiger partial charge in [-0.3, -0.25) is 9.97 Å². The number of nitrogens with zero attached hydrogens (tertiary/aromatic N) is 8. The Kier molecular flexibility index (Phi) is 6.77. The Balaban J connectivity index is 0.00000324. The molecule has 0 saturated carbocycles. The van der Waals surface area contributed by atoms with Gasteiger partial charge in [0.1, 0.15) is 12.4 Å². The molecule has 4 heterocycles. The predicted molar refractivity (Wildman–Crippen MR) is 119 cm³/mol. The third-order valence-electron chi connectivity index (χ3n) is 5.25. The second-order valence-corrected chi connectivity index (χ2v) is 7.52. The molecule has 0 unspecified atom stereocenters. The van der Waals surface area contributed by atoms with Gasteiger partial charge >= 0.3 is 20.4 Å². The fourth-order valence-corrected chi connectivity index (χ4v) is 3.41. The molecule has 8 nitrogen and oxygen atoms in total. The molecular weight excluding hydrogens is 519 g/mol. The van der Waals surface area contributed by atoms with Crippen LogP contribution >= 0.6 is 0 Å². The number of nitriles is 2. The van der Waals surface area contributed by atoms with E-state index in [0.29, 0.717) is 23.0 Å². The fraction of sp³-hybridized carbons (Fsp3) is 0.120. The SMILES string of the molecule is [C-]#[N+]c1c[c-]n(-c2cccc(C(C)(C)c3cccc(-n4[c-]cc(C#N)c4C#N)n3)n2)c1[N+]#[C-].[Pd+2]. The summed E-state index contributed by atoms with van der Waals surface area (Å²) in [5, 5.41) is 18.7. The van der Waals surface area contributed by atoms with Crippen LogP contribution in [0.5, 0.6) is 0 Å². The first-order valence-electron chi connectivity index (χ1n) is 9.72. The summed E-state index contributed by atoms with van der Waals surface area (Å²) in [5.41, 5.74) is 1.37. The van der Waals surface area contributed by atoms with E-state index in [2.05, 4.69) is 22.1 Å². The van der Waals surface area contributed by atoms with Gasteiger partial charge in [-0.1, -0.05) is 31.0 Å². The van der Waals surface area contributed by atoms with Crippen LogP contribution in [0.2, 0.25) is 0 Å². The maximum absolute atomic E-state index is 9.46. The Morgan fingerprint density at radius 2 is 1.47 bits per heavy atom. The Morgan fingerprint density at radius 3 is 2.00 bits per heavy atom. The minimum atomic E-state index is -0.641. The van der Waals surface area contributed by atoms with Crippen LogP contribution in [0.25, 0.3) is 21.3 Å². The molecule has 0 aromatic carbocycles. The minimum Gasteiger partial charge on any atom is -0.420 e. The third-order valence-corrected chi connectivity index (χ3v) is 5.25. The van der Waals surface area contributed by atoms with Crippen molar-refractivity contribution in [3.8, 4) is 23.8 Å². The molecule has 0 aliphatic carbocycles. The van der Waals surface area contributed by atoms with Gasteiger partial charge in [0.05, 0.1) is 11.9 Å². The van der Waals surface area contributed by atoms with Crippen LogP contribution in [0.15, 0.2) is 48.5 Å². The van der Waals surface area contributed by atoms with Gasteiger partial charge in [-0.2, -0.15) is 0 Å². The van der Waals surface area contributed by atoms with Gasteiger partial charge in [-0.05, 0) is 43.7 Å². The molecule has 164 valence electrons. The molecule has 4 aromatic rings. The maximum Gasteiger partial charge on any atom is 2.00 e. The standard InChI is InChI=1S/C25H14N8.Pd/c1-25(2,20-7-5-9-22(30-20)32-13-11-17(15-26)19(32)16-27)21-8-6-10-23(31-21)33-14-12-18(28-3)24(33)29-4;/h5-12H,1-2H3;/q-2;+2. The van der Waals surface area contributed by atoms with Crippen molar-refractivity contribution in [1.82, 2.24) is 19.1 Å². The molecule has 0 radical (unpaired) electrons. The molecule has 4 rings (SSSR count). The van der Waals surface area contributed by atoms with Crippen molar-refractivity contribution in [2.45, 2.75) is 19.3 Å². The normalized spacial score (nSPS) is 10.3. The van der Waals surface area contributed by atoms with Gasteiger partial charge in [-0.15, -0.1) is 6.07 Å². The van der Waals surface area contributed by atoms with Crippen LogP contribution in [0.4, 0.5) is 11.5 Å². The smallest absolute Gasteiger partial charge is 0.420 e. The average molecular weight is 533 g/mol. The Morgan fingerprint density at radius 1 is 0.882 bits per heavy atom. The van der Waals surface area contributed by atoms with Crippen molar-refractivity contribution < 1.29 is 20.4 Å². The second-order valence-electron chi connectivity index (χ2n) is 7.52. The molecule has 0 amide bonds. The number of rotatable bonds is 4. The van der Waals surface area contributed by atoms with Crippen molar-refractivity contribution in [3.05, 3.63) is 106 Å². The van der Waals surface area contributed by atoms with Gasteiger partial charge < -0.3 is 14.0 Å². The second kappa shape index (κ2) is 9.54. The third kappa shape index (κ3) is 3.99. The molecule has 0 fully saturated rings. The van der Waals surface area contributed by atoms with Gasteiger partial charge in [0.15, 0.2) is 0 Å². The first-order chi connectivity index (χ1) is 15.9. The van der Waals surface area contributed by atoms with Crippen molar-refractivity contribution >= 4 is 11.5 Å². The monoisotopic (exact) mass is 532 g/mol. The molecule has 4 aromatic heterocycles. The van der Waals surface area contributed by atoms with Gasteiger partial charge in [0.2, 0.25) is 0 Å². The zero-order valence-corrected chi connectivity index (χ0v) is 19.6. The summed E-state index contributed by atoms with van der Waals surface area (Å²) in [5.74, 6) is 1.10. The van der Waals surface area contributed by atoms with E-state index in [1.54, 1.807) is 12.1 Å². The van der Waals surface area contributed by atoms with Crippen molar-refractivity contribution in [1.29, 1.82) is 10.5 Å². The van der Waals surface area contributed by atoms with Crippen LogP contribution in [-0.4, -0.2) is 19.1 Å². The quantitative estimate of drug-likeness (QED) is 0.278. The van der Waals surface area contributed by atoms with Crippen molar-refractivity contribution in [2.75, 3.05) is 0 Å². The summed E-state index contributed by atoms with van der Waals surface area (Å²) >= 11 is 0. The number of hydrogen-bond donors (Lipinski definition) is 0. The molecule has 0 saturated heterocycles. The van der Waals surface area contributed by atoms with E-state index in [1.807, 2.05) is 50.3 Å². The van der Waals surface area contributed by atoms with E-state index < -0.39 is 5.41 Å². The molecule has 0 bridgehead atoms.